The van der Waals surface area contributed by atoms with Crippen molar-refractivity contribution in [3.63, 3.8) is 0 Å². The molecule has 0 aromatic heterocycles. The van der Waals surface area contributed by atoms with Gasteiger partial charge in [0.25, 0.3) is 0 Å². The van der Waals surface area contributed by atoms with Crippen molar-refractivity contribution in [3.05, 3.63) is 55.6 Å². The van der Waals surface area contributed by atoms with Gasteiger partial charge in [0, 0.05) is 0 Å². The number of nitrogens with zero attached hydrogens (tertiary/aromatic N) is 5. The molecule has 9 heteroatoms. The van der Waals surface area contributed by atoms with Gasteiger partial charge in [-0.3, -0.25) is 0 Å². The molecular weight excluding hydrogens is 433 g/mol. The van der Waals surface area contributed by atoms with Crippen LogP contribution in [0.2, 0.25) is 0 Å². The van der Waals surface area contributed by atoms with Crippen molar-refractivity contribution in [2.24, 2.45) is 0 Å². The van der Waals surface area contributed by atoms with Crippen LogP contribution in [0.1, 0.15) is 34.1 Å². The summed E-state index contributed by atoms with van der Waals surface area (Å²) >= 11 is -1.62. The molecule has 0 bridgehead atoms. The van der Waals surface area contributed by atoms with Crippen molar-refractivity contribution in [1.82, 2.24) is 19.6 Å². The van der Waals surface area contributed by atoms with Crippen LogP contribution in [0.25, 0.3) is 5.32 Å². The van der Waals surface area contributed by atoms with Crippen LogP contribution in [0, 0.1) is 13.3 Å². The molecule has 0 aromatic rings. The Morgan fingerprint density at radius 3 is 1.92 bits per heavy atom. The van der Waals surface area contributed by atoms with Crippen LogP contribution in [0.15, 0.2) is 37.0 Å². The van der Waals surface area contributed by atoms with Gasteiger partial charge in [-0.25, -0.2) is 0 Å². The van der Waals surface area contributed by atoms with Crippen LogP contribution in [-0.4, -0.2) is 44.0 Å². The summed E-state index contributed by atoms with van der Waals surface area (Å²) in [4.78, 5) is 8.79. The predicted molar refractivity (Wildman–Crippen MR) is 107 cm³/mol. The van der Waals surface area contributed by atoms with Gasteiger partial charge in [-0.1, -0.05) is 24.5 Å². The Labute approximate surface area is 174 Å². The molecule has 3 aliphatic rings. The van der Waals surface area contributed by atoms with E-state index < -0.39 is 11.4 Å². The molecule has 26 heavy (non-hydrogen) atoms. The van der Waals surface area contributed by atoms with Crippen LogP contribution < -0.4 is 0 Å². The molecule has 3 aliphatic heterocycles. The van der Waals surface area contributed by atoms with Crippen molar-refractivity contribution in [2.75, 3.05) is 0 Å². The Morgan fingerprint density at radius 1 is 0.923 bits per heavy atom. The molecule has 0 aromatic carbocycles. The topological polar surface area (TPSA) is 27.1 Å². The average molecular weight is 459 g/mol. The van der Waals surface area contributed by atoms with Gasteiger partial charge in [-0.2, -0.15) is 13.3 Å². The zero-order valence-electron chi connectivity index (χ0n) is 15.4. The SMILES string of the molecule is CC(C)N1C=CN(C2C=CCC(N3C=CN(C(C)C)[CH-]3)[N-]2)[CH-]1.[Cl][Cr]([Cl])[Cl]. The summed E-state index contributed by atoms with van der Waals surface area (Å²) in [6.45, 7) is 13.0. The normalized spacial score (nSPS) is 25.2. The van der Waals surface area contributed by atoms with Crippen molar-refractivity contribution in [3.8, 4) is 0 Å². The third-order valence-electron chi connectivity index (χ3n) is 4.18. The second kappa shape index (κ2) is 10.4. The molecule has 149 valence electrons. The Balaban J connectivity index is 0.000000552. The van der Waals surface area contributed by atoms with Crippen LogP contribution in [0.4, 0.5) is 0 Å². The molecule has 0 spiro atoms. The third-order valence-corrected chi connectivity index (χ3v) is 4.18. The van der Waals surface area contributed by atoms with E-state index in [1.807, 2.05) is 0 Å². The monoisotopic (exact) mass is 457 g/mol. The Hall–Kier alpha value is -0.218. The number of halogens is 3. The molecule has 3 rings (SSSR count). The van der Waals surface area contributed by atoms with Gasteiger partial charge in [0.1, 0.15) is 0 Å². The zero-order chi connectivity index (χ0) is 19.3. The van der Waals surface area contributed by atoms with E-state index in [0.717, 1.165) is 6.42 Å². The van der Waals surface area contributed by atoms with Gasteiger partial charge in [0.2, 0.25) is 0 Å². The first kappa shape index (κ1) is 22.1. The van der Waals surface area contributed by atoms with Gasteiger partial charge in [0.15, 0.2) is 0 Å². The minimum absolute atomic E-state index is 0.0775. The molecule has 3 heterocycles. The predicted octanol–water partition coefficient (Wildman–Crippen LogP) is 5.27. The molecule has 2 unspecified atom stereocenters. The summed E-state index contributed by atoms with van der Waals surface area (Å²) in [5.74, 6) is 0. The summed E-state index contributed by atoms with van der Waals surface area (Å²) in [6, 6.07) is 0.949. The minimum atomic E-state index is -1.62. The summed E-state index contributed by atoms with van der Waals surface area (Å²) in [6.07, 6.45) is 14.1. The van der Waals surface area contributed by atoms with Gasteiger partial charge < -0.3 is 24.9 Å². The molecule has 0 aliphatic carbocycles. The van der Waals surface area contributed by atoms with Crippen LogP contribution in [0.3, 0.4) is 0 Å². The number of rotatable bonds is 4. The van der Waals surface area contributed by atoms with E-state index in [4.69, 9.17) is 35.5 Å². The molecule has 0 saturated heterocycles. The van der Waals surface area contributed by atoms with E-state index in [1.165, 1.54) is 0 Å². The second-order valence-corrected chi connectivity index (χ2v) is 13.0. The van der Waals surface area contributed by atoms with Crippen LogP contribution in [-0.2, 0) is 11.4 Å². The number of hydrogen-bond acceptors (Lipinski definition) is 4. The molecule has 0 fully saturated rings. The molecule has 0 saturated carbocycles. The maximum absolute atomic E-state index is 4.98. The van der Waals surface area contributed by atoms with Gasteiger partial charge >= 0.3 is 41.5 Å². The van der Waals surface area contributed by atoms with Crippen molar-refractivity contribution in [2.45, 2.75) is 58.5 Å². The third kappa shape index (κ3) is 6.44. The molecule has 2 atom stereocenters. The second-order valence-electron chi connectivity index (χ2n) is 6.69. The first-order valence-electron chi connectivity index (χ1n) is 8.54. The fraction of sp³-hybridized carbons (Fsp3) is 0.529. The standard InChI is InChI=1S/C17H26N5.3ClH.Cr/c1-14(2)19-8-10-21(12-19)16-6-5-7-17(18-16)22-11-9-20(13-22)15(3)4;;;;/h5-6,8-17H,7H2,1-4H3;3*1H;/q-3;;;;+3/p-3. The van der Waals surface area contributed by atoms with E-state index in [-0.39, 0.29) is 12.3 Å². The van der Waals surface area contributed by atoms with Gasteiger partial charge in [-0.05, 0) is 71.0 Å². The summed E-state index contributed by atoms with van der Waals surface area (Å²) in [7, 11) is 14.8. The summed E-state index contributed by atoms with van der Waals surface area (Å²) < 4.78 is 0. The number of hydrogen-bond donors (Lipinski definition) is 0. The summed E-state index contributed by atoms with van der Waals surface area (Å²) in [5, 5.41) is 4.98. The Bertz CT molecular complexity index is 524. The molecule has 5 nitrogen and oxygen atoms in total. The van der Waals surface area contributed by atoms with Crippen molar-refractivity contribution < 1.29 is 11.4 Å². The van der Waals surface area contributed by atoms with E-state index in [2.05, 4.69) is 97.6 Å². The van der Waals surface area contributed by atoms with Crippen molar-refractivity contribution in [1.29, 1.82) is 0 Å². The van der Waals surface area contributed by atoms with E-state index in [0.29, 0.717) is 12.1 Å². The fourth-order valence-electron chi connectivity index (χ4n) is 2.70. The molecule has 0 radical (unpaired) electrons. The zero-order valence-corrected chi connectivity index (χ0v) is 19.0. The molecule has 0 amide bonds. The molecule has 0 N–H and O–H groups in total. The quantitative estimate of drug-likeness (QED) is 0.423. The average Bonchev–Trinajstić information content (AvgIpc) is 3.24. The first-order valence-corrected chi connectivity index (χ1v) is 13.8. The van der Waals surface area contributed by atoms with Crippen LogP contribution >= 0.6 is 30.1 Å². The molecular formula is C17H26Cl3CrN5-3. The summed E-state index contributed by atoms with van der Waals surface area (Å²) in [5.41, 5.74) is 0. The van der Waals surface area contributed by atoms with Gasteiger partial charge in [0.05, 0.1) is 0 Å². The van der Waals surface area contributed by atoms with Crippen molar-refractivity contribution >= 4 is 30.1 Å². The Morgan fingerprint density at radius 2 is 1.42 bits per heavy atom. The Kier molecular flexibility index (Phi) is 8.80. The first-order chi connectivity index (χ1) is 12.3. The van der Waals surface area contributed by atoms with E-state index >= 15 is 0 Å². The van der Waals surface area contributed by atoms with Crippen LogP contribution in [0.5, 0.6) is 0 Å². The maximum atomic E-state index is 4.98. The van der Waals surface area contributed by atoms with E-state index in [9.17, 15) is 0 Å². The van der Waals surface area contributed by atoms with E-state index in [1.54, 1.807) is 0 Å². The fourth-order valence-corrected chi connectivity index (χ4v) is 2.70. The van der Waals surface area contributed by atoms with Gasteiger partial charge in [-0.15, -0.1) is 0 Å².